The zero-order valence-electron chi connectivity index (χ0n) is 15.9. The van der Waals surface area contributed by atoms with Crippen molar-refractivity contribution in [1.29, 1.82) is 0 Å². The third-order valence-electron chi connectivity index (χ3n) is 4.52. The van der Waals surface area contributed by atoms with Crippen molar-refractivity contribution in [1.82, 2.24) is 5.32 Å². The molecule has 3 amide bonds. The first-order valence-corrected chi connectivity index (χ1v) is 11.2. The Morgan fingerprint density at radius 2 is 1.61 bits per heavy atom. The van der Waals surface area contributed by atoms with Crippen molar-refractivity contribution in [2.45, 2.75) is 6.61 Å². The molecule has 31 heavy (non-hydrogen) atoms. The number of hydrogen-bond donors (Lipinski definition) is 1. The Hall–Kier alpha value is -2.61. The highest BCUT2D eigenvalue weighted by atomic mass is 79.9. The molecule has 0 spiro atoms. The van der Waals surface area contributed by atoms with E-state index in [2.05, 4.69) is 37.2 Å². The van der Waals surface area contributed by atoms with Crippen molar-refractivity contribution in [2.75, 3.05) is 4.90 Å². The van der Waals surface area contributed by atoms with E-state index in [-0.39, 0.29) is 5.70 Å². The summed E-state index contributed by atoms with van der Waals surface area (Å²) in [5.41, 5.74) is 2.39. The summed E-state index contributed by atoms with van der Waals surface area (Å²) in [5.74, 6) is 0.208. The highest BCUT2D eigenvalue weighted by molar-refractivity contribution is 9.11. The van der Waals surface area contributed by atoms with Crippen LogP contribution in [0, 0.1) is 0 Å². The molecule has 0 atom stereocenters. The first-order chi connectivity index (χ1) is 14.9. The topological polar surface area (TPSA) is 58.6 Å². The molecule has 1 saturated heterocycles. The third kappa shape index (κ3) is 4.84. The molecule has 0 unspecified atom stereocenters. The van der Waals surface area contributed by atoms with Gasteiger partial charge in [-0.25, -0.2) is 9.69 Å². The van der Waals surface area contributed by atoms with Gasteiger partial charge in [0.2, 0.25) is 0 Å². The number of carbonyl (C=O) groups is 2. The van der Waals surface area contributed by atoms with Crippen LogP contribution in [0.4, 0.5) is 10.5 Å². The van der Waals surface area contributed by atoms with Crippen molar-refractivity contribution < 1.29 is 14.3 Å². The number of anilines is 1. The van der Waals surface area contributed by atoms with Gasteiger partial charge in [0.15, 0.2) is 0 Å². The second-order valence-corrected chi connectivity index (χ2v) is 8.84. The first-order valence-electron chi connectivity index (χ1n) is 9.21. The minimum absolute atomic E-state index is 0.178. The fraction of sp³-hybridized carbons (Fsp3) is 0.0435. The Labute approximate surface area is 200 Å². The lowest BCUT2D eigenvalue weighted by Crippen LogP contribution is -2.30. The van der Waals surface area contributed by atoms with Gasteiger partial charge < -0.3 is 10.1 Å². The highest BCUT2D eigenvalue weighted by Crippen LogP contribution is 2.36. The van der Waals surface area contributed by atoms with Gasteiger partial charge in [0.25, 0.3) is 5.91 Å². The molecule has 3 aromatic rings. The lowest BCUT2D eigenvalue weighted by molar-refractivity contribution is -0.113. The Kier molecular flexibility index (Phi) is 6.46. The summed E-state index contributed by atoms with van der Waals surface area (Å²) in [5, 5.41) is 3.14. The number of carbonyl (C=O) groups excluding carboxylic acids is 2. The summed E-state index contributed by atoms with van der Waals surface area (Å²) in [4.78, 5) is 26.2. The number of nitrogens with one attached hydrogen (secondary N) is 1. The molecule has 0 aliphatic carbocycles. The van der Waals surface area contributed by atoms with Crippen LogP contribution < -0.4 is 15.0 Å². The number of amides is 3. The predicted molar refractivity (Wildman–Crippen MR) is 128 cm³/mol. The van der Waals surface area contributed by atoms with Gasteiger partial charge >= 0.3 is 6.03 Å². The van der Waals surface area contributed by atoms with Gasteiger partial charge in [-0.05, 0) is 85.5 Å². The Bertz CT molecular complexity index is 1160. The molecule has 0 saturated carbocycles. The highest BCUT2D eigenvalue weighted by Gasteiger charge is 2.34. The summed E-state index contributed by atoms with van der Waals surface area (Å²) in [6, 6.07) is 19.5. The number of imide groups is 1. The van der Waals surface area contributed by atoms with Gasteiger partial charge in [-0.2, -0.15) is 0 Å². The number of nitrogens with zero attached hydrogens (tertiary/aromatic N) is 1. The number of rotatable bonds is 5. The van der Waals surface area contributed by atoms with Crippen LogP contribution in [0.3, 0.4) is 0 Å². The first kappa shape index (κ1) is 21.6. The Morgan fingerprint density at radius 3 is 2.26 bits per heavy atom. The Morgan fingerprint density at radius 1 is 0.968 bits per heavy atom. The van der Waals surface area contributed by atoms with Gasteiger partial charge in [0.05, 0.1) is 14.6 Å². The number of urea groups is 1. The van der Waals surface area contributed by atoms with Crippen molar-refractivity contribution in [2.24, 2.45) is 0 Å². The average Bonchev–Trinajstić information content (AvgIpc) is 3.02. The second-order valence-electron chi connectivity index (χ2n) is 6.69. The van der Waals surface area contributed by atoms with Gasteiger partial charge in [-0.3, -0.25) is 4.79 Å². The molecule has 8 heteroatoms. The van der Waals surface area contributed by atoms with E-state index in [9.17, 15) is 9.59 Å². The molecule has 156 valence electrons. The van der Waals surface area contributed by atoms with Crippen LogP contribution in [0.5, 0.6) is 5.75 Å². The number of hydrogen-bond acceptors (Lipinski definition) is 3. The smallest absolute Gasteiger partial charge is 0.333 e. The van der Waals surface area contributed by atoms with Gasteiger partial charge in [-0.15, -0.1) is 0 Å². The summed E-state index contributed by atoms with van der Waals surface area (Å²) in [7, 11) is 0. The number of ether oxygens (including phenoxy) is 1. The van der Waals surface area contributed by atoms with Crippen LogP contribution in [0.25, 0.3) is 6.08 Å². The fourth-order valence-electron chi connectivity index (χ4n) is 3.06. The largest absolute Gasteiger partial charge is 0.487 e. The van der Waals surface area contributed by atoms with E-state index >= 15 is 0 Å². The SMILES string of the molecule is O=C1N/C(=C/c2cc(Br)c(OCc3ccccc3)c(Br)c2)C(=O)N1c1ccc(Cl)cc1. The van der Waals surface area contributed by atoms with Crippen molar-refractivity contribution >= 4 is 67.2 Å². The van der Waals surface area contributed by atoms with Crippen LogP contribution in [-0.4, -0.2) is 11.9 Å². The van der Waals surface area contributed by atoms with E-state index in [4.69, 9.17) is 16.3 Å². The molecule has 0 bridgehead atoms. The predicted octanol–water partition coefficient (Wildman–Crippen LogP) is 6.54. The van der Waals surface area contributed by atoms with Gasteiger partial charge in [0.1, 0.15) is 18.1 Å². The third-order valence-corrected chi connectivity index (χ3v) is 5.95. The summed E-state index contributed by atoms with van der Waals surface area (Å²) >= 11 is 12.9. The monoisotopic (exact) mass is 560 g/mol. The normalized spacial score (nSPS) is 14.8. The second kappa shape index (κ2) is 9.26. The average molecular weight is 563 g/mol. The van der Waals surface area contributed by atoms with Crippen molar-refractivity contribution in [3.05, 3.63) is 97.5 Å². The van der Waals surface area contributed by atoms with Crippen molar-refractivity contribution in [3.63, 3.8) is 0 Å². The van der Waals surface area contributed by atoms with Crippen LogP contribution >= 0.6 is 43.5 Å². The van der Waals surface area contributed by atoms with E-state index < -0.39 is 11.9 Å². The lowest BCUT2D eigenvalue weighted by Gasteiger charge is -2.12. The van der Waals surface area contributed by atoms with E-state index in [1.165, 1.54) is 0 Å². The lowest BCUT2D eigenvalue weighted by atomic mass is 10.1. The molecule has 1 N–H and O–H groups in total. The maximum absolute atomic E-state index is 12.8. The Balaban J connectivity index is 1.55. The molecular formula is C23H15Br2ClN2O3. The van der Waals surface area contributed by atoms with Crippen LogP contribution in [0.15, 0.2) is 81.4 Å². The van der Waals surface area contributed by atoms with Crippen molar-refractivity contribution in [3.8, 4) is 5.75 Å². The van der Waals surface area contributed by atoms with Crippen LogP contribution in [0.1, 0.15) is 11.1 Å². The number of halogens is 3. The molecule has 1 fully saturated rings. The van der Waals surface area contributed by atoms with E-state index in [1.807, 2.05) is 42.5 Å². The minimum atomic E-state index is -0.514. The quantitative estimate of drug-likeness (QED) is 0.284. The van der Waals surface area contributed by atoms with E-state index in [0.717, 1.165) is 19.4 Å². The molecule has 3 aromatic carbocycles. The standard InChI is InChI=1S/C23H15Br2ClN2O3/c24-18-10-15(11-19(25)21(18)31-13-14-4-2-1-3-5-14)12-20-22(29)28(23(30)27-20)17-8-6-16(26)7-9-17/h1-12H,13H2,(H,27,30)/b20-12+. The van der Waals surface area contributed by atoms with Gasteiger partial charge in [0, 0.05) is 5.02 Å². The summed E-state index contributed by atoms with van der Waals surface area (Å²) in [6.07, 6.45) is 1.62. The molecule has 1 aliphatic heterocycles. The molecule has 1 heterocycles. The summed E-state index contributed by atoms with van der Waals surface area (Å²) in [6.45, 7) is 0.420. The molecule has 0 aromatic heterocycles. The minimum Gasteiger partial charge on any atom is -0.487 e. The van der Waals surface area contributed by atoms with E-state index in [1.54, 1.807) is 30.3 Å². The van der Waals surface area contributed by atoms with Gasteiger partial charge in [-0.1, -0.05) is 41.9 Å². The molecule has 1 aliphatic rings. The fourth-order valence-corrected chi connectivity index (χ4v) is 4.63. The van der Waals surface area contributed by atoms with E-state index in [0.29, 0.717) is 28.6 Å². The number of benzene rings is 3. The van der Waals surface area contributed by atoms with Crippen LogP contribution in [-0.2, 0) is 11.4 Å². The molecule has 0 radical (unpaired) electrons. The molecular weight excluding hydrogens is 548 g/mol. The molecule has 4 rings (SSSR count). The van der Waals surface area contributed by atoms with Crippen LogP contribution in [0.2, 0.25) is 5.02 Å². The molecule has 5 nitrogen and oxygen atoms in total. The zero-order chi connectivity index (χ0) is 22.0. The zero-order valence-corrected chi connectivity index (χ0v) is 19.9. The maximum Gasteiger partial charge on any atom is 0.333 e. The maximum atomic E-state index is 12.8. The summed E-state index contributed by atoms with van der Waals surface area (Å²) < 4.78 is 7.37.